The highest BCUT2D eigenvalue weighted by molar-refractivity contribution is 7.89. The summed E-state index contributed by atoms with van der Waals surface area (Å²) in [5, 5.41) is 11.0. The maximum Gasteiger partial charge on any atom is 0.304 e. The number of carboxylic acids is 1. The molecule has 0 unspecified atom stereocenters. The van der Waals surface area contributed by atoms with Crippen molar-refractivity contribution in [3.05, 3.63) is 22.7 Å². The summed E-state index contributed by atoms with van der Waals surface area (Å²) in [4.78, 5) is 21.4. The van der Waals surface area contributed by atoms with Crippen molar-refractivity contribution in [2.75, 3.05) is 11.9 Å². The molecule has 1 aliphatic rings. The molecule has 1 amide bonds. The number of halogens is 1. The van der Waals surface area contributed by atoms with Crippen molar-refractivity contribution in [1.29, 1.82) is 0 Å². The third-order valence-electron chi connectivity index (χ3n) is 2.70. The predicted octanol–water partition coefficient (Wildman–Crippen LogP) is 0.588. The molecule has 0 atom stereocenters. The Balaban J connectivity index is 2.26. The van der Waals surface area contributed by atoms with Gasteiger partial charge in [0.25, 0.3) is 0 Å². The van der Waals surface area contributed by atoms with Gasteiger partial charge in [0, 0.05) is 12.2 Å². The van der Waals surface area contributed by atoms with Crippen molar-refractivity contribution in [3.8, 4) is 0 Å². The highest BCUT2D eigenvalue weighted by Crippen LogP contribution is 2.32. The molecule has 0 aliphatic carbocycles. The summed E-state index contributed by atoms with van der Waals surface area (Å²) < 4.78 is 26.2. The summed E-state index contributed by atoms with van der Waals surface area (Å²) in [6.07, 6.45) is -0.244. The van der Waals surface area contributed by atoms with Crippen LogP contribution in [-0.2, 0) is 26.0 Å². The van der Waals surface area contributed by atoms with E-state index in [1.165, 1.54) is 12.1 Å². The fourth-order valence-corrected chi connectivity index (χ4v) is 3.41. The summed E-state index contributed by atoms with van der Waals surface area (Å²) in [6.45, 7) is -0.234. The minimum Gasteiger partial charge on any atom is -0.481 e. The molecule has 1 heterocycles. The van der Waals surface area contributed by atoms with Crippen LogP contribution in [0.5, 0.6) is 0 Å². The molecule has 1 aromatic rings. The van der Waals surface area contributed by atoms with Crippen molar-refractivity contribution in [1.82, 2.24) is 4.72 Å². The number of carbonyl (C=O) groups is 2. The molecule has 1 aromatic carbocycles. The lowest BCUT2D eigenvalue weighted by Crippen LogP contribution is -2.26. The van der Waals surface area contributed by atoms with Gasteiger partial charge in [0.15, 0.2) is 0 Å². The quantitative estimate of drug-likeness (QED) is 0.735. The lowest BCUT2D eigenvalue weighted by atomic mass is 10.2. The van der Waals surface area contributed by atoms with Gasteiger partial charge < -0.3 is 10.4 Å². The second kappa shape index (κ2) is 5.39. The van der Waals surface area contributed by atoms with Crippen LogP contribution in [0.3, 0.4) is 0 Å². The lowest BCUT2D eigenvalue weighted by molar-refractivity contribution is -0.136. The van der Waals surface area contributed by atoms with Gasteiger partial charge in [-0.05, 0) is 17.7 Å². The van der Waals surface area contributed by atoms with Gasteiger partial charge >= 0.3 is 5.97 Å². The first-order valence-corrected chi connectivity index (χ1v) is 7.49. The highest BCUT2D eigenvalue weighted by Gasteiger charge is 2.24. The van der Waals surface area contributed by atoms with Gasteiger partial charge in [0.2, 0.25) is 15.9 Å². The molecule has 1 aliphatic heterocycles. The Hall–Kier alpha value is -1.64. The Morgan fingerprint density at radius 3 is 2.80 bits per heavy atom. The Kier molecular flexibility index (Phi) is 3.98. The Morgan fingerprint density at radius 2 is 2.15 bits per heavy atom. The van der Waals surface area contributed by atoms with E-state index in [1.807, 2.05) is 0 Å². The van der Waals surface area contributed by atoms with Crippen molar-refractivity contribution in [2.45, 2.75) is 17.7 Å². The molecule has 0 bridgehead atoms. The largest absolute Gasteiger partial charge is 0.481 e. The fourth-order valence-electron chi connectivity index (χ4n) is 1.80. The molecule has 0 aromatic heterocycles. The minimum atomic E-state index is -3.91. The number of aliphatic carboxylic acids is 1. The zero-order valence-electron chi connectivity index (χ0n) is 10.1. The predicted molar refractivity (Wildman–Crippen MR) is 71.2 cm³/mol. The van der Waals surface area contributed by atoms with Crippen molar-refractivity contribution < 1.29 is 23.1 Å². The molecule has 0 radical (unpaired) electrons. The van der Waals surface area contributed by atoms with Crippen LogP contribution in [0, 0.1) is 0 Å². The molecule has 7 nitrogen and oxygen atoms in total. The first kappa shape index (κ1) is 14.8. The number of rotatable bonds is 5. The van der Waals surface area contributed by atoms with Crippen LogP contribution < -0.4 is 10.0 Å². The molecule has 3 N–H and O–H groups in total. The fraction of sp³-hybridized carbons (Fsp3) is 0.273. The van der Waals surface area contributed by atoms with Crippen LogP contribution in [0.2, 0.25) is 5.02 Å². The summed E-state index contributed by atoms with van der Waals surface area (Å²) in [5.74, 6) is -1.34. The monoisotopic (exact) mass is 318 g/mol. The normalized spacial score (nSPS) is 13.9. The van der Waals surface area contributed by atoms with Gasteiger partial charge in [-0.2, -0.15) is 0 Å². The van der Waals surface area contributed by atoms with E-state index in [1.54, 1.807) is 0 Å². The van der Waals surface area contributed by atoms with Crippen molar-refractivity contribution in [2.24, 2.45) is 0 Å². The molecule has 9 heteroatoms. The number of nitrogens with one attached hydrogen (secondary N) is 2. The average Bonchev–Trinajstić information content (AvgIpc) is 2.66. The van der Waals surface area contributed by atoms with Crippen LogP contribution >= 0.6 is 11.6 Å². The Labute approximate surface area is 120 Å². The molecule has 0 spiro atoms. The number of carbonyl (C=O) groups excluding carboxylic acids is 1. The number of fused-ring (bicyclic) bond motifs is 1. The van der Waals surface area contributed by atoms with Crippen molar-refractivity contribution in [3.63, 3.8) is 0 Å². The second-order valence-corrected chi connectivity index (χ2v) is 6.35. The van der Waals surface area contributed by atoms with Crippen LogP contribution in [0.4, 0.5) is 5.69 Å². The average molecular weight is 319 g/mol. The van der Waals surface area contributed by atoms with Crippen molar-refractivity contribution >= 4 is 39.2 Å². The number of hydrogen-bond donors (Lipinski definition) is 3. The summed E-state index contributed by atoms with van der Waals surface area (Å²) in [6, 6.07) is 2.69. The van der Waals surface area contributed by atoms with Gasteiger partial charge in [-0.1, -0.05) is 11.6 Å². The lowest BCUT2D eigenvalue weighted by Gasteiger charge is -2.09. The molecule has 0 saturated carbocycles. The zero-order valence-corrected chi connectivity index (χ0v) is 11.7. The molecule has 0 fully saturated rings. The maximum atomic E-state index is 12.0. The van der Waals surface area contributed by atoms with Gasteiger partial charge in [-0.25, -0.2) is 13.1 Å². The molecule has 2 rings (SSSR count). The molecular formula is C11H11ClN2O5S. The van der Waals surface area contributed by atoms with Crippen LogP contribution in [0.25, 0.3) is 0 Å². The summed E-state index contributed by atoms with van der Waals surface area (Å²) in [5.41, 5.74) is 1.03. The second-order valence-electron chi connectivity index (χ2n) is 4.21. The zero-order chi connectivity index (χ0) is 14.9. The summed E-state index contributed by atoms with van der Waals surface area (Å²) >= 11 is 5.89. The number of benzene rings is 1. The number of sulfonamides is 1. The molecule has 108 valence electrons. The number of amides is 1. The van der Waals surface area contributed by atoms with E-state index in [2.05, 4.69) is 10.0 Å². The summed E-state index contributed by atoms with van der Waals surface area (Å²) in [7, 11) is -3.91. The smallest absolute Gasteiger partial charge is 0.304 e. The third kappa shape index (κ3) is 3.09. The number of anilines is 1. The minimum absolute atomic E-state index is 0.0335. The van der Waals surface area contributed by atoms with E-state index in [-0.39, 0.29) is 35.2 Å². The molecular weight excluding hydrogens is 308 g/mol. The number of carboxylic acid groups (broad SMARTS) is 1. The van der Waals surface area contributed by atoms with E-state index in [0.717, 1.165) is 0 Å². The maximum absolute atomic E-state index is 12.0. The van der Waals surface area contributed by atoms with E-state index < -0.39 is 16.0 Å². The van der Waals surface area contributed by atoms with E-state index in [4.69, 9.17) is 16.7 Å². The van der Waals surface area contributed by atoms with Gasteiger partial charge in [0.1, 0.15) is 4.90 Å². The van der Waals surface area contributed by atoms with Gasteiger partial charge in [-0.3, -0.25) is 9.59 Å². The SMILES string of the molecule is O=C(O)CCNS(=O)(=O)c1cc2c(cc1Cl)NC(=O)C2. The van der Waals surface area contributed by atoms with Crippen LogP contribution in [0.1, 0.15) is 12.0 Å². The van der Waals surface area contributed by atoms with Gasteiger partial charge in [0.05, 0.1) is 17.9 Å². The third-order valence-corrected chi connectivity index (χ3v) is 4.63. The first-order chi connectivity index (χ1) is 9.29. The van der Waals surface area contributed by atoms with Crippen LogP contribution in [-0.4, -0.2) is 31.9 Å². The Bertz CT molecular complexity index is 686. The van der Waals surface area contributed by atoms with E-state index in [0.29, 0.717) is 11.3 Å². The van der Waals surface area contributed by atoms with E-state index >= 15 is 0 Å². The standard InChI is InChI=1S/C11H11ClN2O5S/c12-7-5-8-6(4-10(15)14-8)3-9(7)20(18,19)13-2-1-11(16)17/h3,5,13H,1-2,4H2,(H,14,15)(H,16,17). The van der Waals surface area contributed by atoms with E-state index in [9.17, 15) is 18.0 Å². The van der Waals surface area contributed by atoms with Crippen LogP contribution in [0.15, 0.2) is 17.0 Å². The number of hydrogen-bond acceptors (Lipinski definition) is 4. The highest BCUT2D eigenvalue weighted by atomic mass is 35.5. The first-order valence-electron chi connectivity index (χ1n) is 5.63. The molecule has 0 saturated heterocycles. The van der Waals surface area contributed by atoms with Gasteiger partial charge in [-0.15, -0.1) is 0 Å². The molecule has 20 heavy (non-hydrogen) atoms. The topological polar surface area (TPSA) is 113 Å². The Morgan fingerprint density at radius 1 is 1.45 bits per heavy atom.